The molecule has 0 atom stereocenters. The fraction of sp³-hybridized carbons (Fsp3) is 1.00. The van der Waals surface area contributed by atoms with Crippen LogP contribution in [0, 0.1) is 5.41 Å². The van der Waals surface area contributed by atoms with Crippen LogP contribution < -0.4 is 5.32 Å². The third-order valence-corrected chi connectivity index (χ3v) is 3.95. The van der Waals surface area contributed by atoms with E-state index in [9.17, 15) is 0 Å². The van der Waals surface area contributed by atoms with Gasteiger partial charge in [-0.1, -0.05) is 13.3 Å². The minimum absolute atomic E-state index is 0.751. The number of hydrogen-bond donors (Lipinski definition) is 1. The van der Waals surface area contributed by atoms with Crippen molar-refractivity contribution in [3.63, 3.8) is 0 Å². The lowest BCUT2D eigenvalue weighted by Crippen LogP contribution is -2.37. The highest BCUT2D eigenvalue weighted by molar-refractivity contribution is 4.95. The second-order valence-corrected chi connectivity index (χ2v) is 5.48. The third kappa shape index (κ3) is 3.46. The number of nitrogens with one attached hydrogen (secondary N) is 1. The van der Waals surface area contributed by atoms with E-state index >= 15 is 0 Å². The summed E-state index contributed by atoms with van der Waals surface area (Å²) >= 11 is 0. The first kappa shape index (κ1) is 11.4. The second kappa shape index (κ2) is 5.31. The molecule has 2 heteroatoms. The van der Waals surface area contributed by atoms with Gasteiger partial charge >= 0.3 is 0 Å². The van der Waals surface area contributed by atoms with Crippen molar-refractivity contribution < 1.29 is 0 Å². The Morgan fingerprint density at radius 1 is 1.13 bits per heavy atom. The molecule has 0 spiro atoms. The van der Waals surface area contributed by atoms with E-state index in [0.717, 1.165) is 5.41 Å². The maximum atomic E-state index is 3.48. The normalized spacial score (nSPS) is 27.0. The first-order valence-electron chi connectivity index (χ1n) is 6.78. The molecule has 0 amide bonds. The molecule has 0 aromatic heterocycles. The summed E-state index contributed by atoms with van der Waals surface area (Å²) < 4.78 is 0. The fourth-order valence-electron chi connectivity index (χ4n) is 2.92. The molecule has 0 bridgehead atoms. The van der Waals surface area contributed by atoms with Crippen molar-refractivity contribution in [3.05, 3.63) is 0 Å². The van der Waals surface area contributed by atoms with Crippen LogP contribution in [0.1, 0.15) is 45.4 Å². The minimum Gasteiger partial charge on any atom is -0.317 e. The van der Waals surface area contributed by atoms with Gasteiger partial charge in [0.25, 0.3) is 0 Å². The van der Waals surface area contributed by atoms with Crippen molar-refractivity contribution in [2.75, 3.05) is 32.7 Å². The van der Waals surface area contributed by atoms with Gasteiger partial charge in [0.05, 0.1) is 0 Å². The predicted molar refractivity (Wildman–Crippen MR) is 65.1 cm³/mol. The average molecular weight is 210 g/mol. The van der Waals surface area contributed by atoms with Gasteiger partial charge in [-0.2, -0.15) is 0 Å². The van der Waals surface area contributed by atoms with Crippen molar-refractivity contribution in [3.8, 4) is 0 Å². The molecule has 1 saturated carbocycles. The Morgan fingerprint density at radius 3 is 2.33 bits per heavy atom. The molecule has 1 saturated heterocycles. The predicted octanol–water partition coefficient (Wildman–Crippen LogP) is 2.25. The number of rotatable bonds is 4. The van der Waals surface area contributed by atoms with Crippen molar-refractivity contribution >= 4 is 0 Å². The van der Waals surface area contributed by atoms with Crippen molar-refractivity contribution in [2.24, 2.45) is 5.41 Å². The van der Waals surface area contributed by atoms with Crippen LogP contribution in [0.4, 0.5) is 0 Å². The lowest BCUT2D eigenvalue weighted by molar-refractivity contribution is 0.198. The van der Waals surface area contributed by atoms with Gasteiger partial charge in [-0.3, -0.25) is 0 Å². The summed E-state index contributed by atoms with van der Waals surface area (Å²) in [5.74, 6) is 0. The molecule has 15 heavy (non-hydrogen) atoms. The van der Waals surface area contributed by atoms with Crippen LogP contribution in [-0.2, 0) is 0 Å². The van der Waals surface area contributed by atoms with Crippen LogP contribution in [0.2, 0.25) is 0 Å². The Labute approximate surface area is 94.4 Å². The van der Waals surface area contributed by atoms with Gasteiger partial charge in [0.15, 0.2) is 0 Å². The Bertz CT molecular complexity index is 179. The smallest absolute Gasteiger partial charge is 0.00380 e. The minimum atomic E-state index is 0.751. The molecule has 0 unspecified atom stereocenters. The van der Waals surface area contributed by atoms with E-state index in [1.165, 1.54) is 71.2 Å². The molecule has 2 aliphatic rings. The molecule has 1 N–H and O–H groups in total. The molecule has 2 nitrogen and oxygen atoms in total. The first-order valence-corrected chi connectivity index (χ1v) is 6.78. The first-order chi connectivity index (χ1) is 7.35. The van der Waals surface area contributed by atoms with Crippen molar-refractivity contribution in [1.29, 1.82) is 0 Å². The van der Waals surface area contributed by atoms with Gasteiger partial charge in [-0.15, -0.1) is 0 Å². The monoisotopic (exact) mass is 210 g/mol. The van der Waals surface area contributed by atoms with Gasteiger partial charge in [0.2, 0.25) is 0 Å². The van der Waals surface area contributed by atoms with Crippen LogP contribution >= 0.6 is 0 Å². The molecule has 0 radical (unpaired) electrons. The largest absolute Gasteiger partial charge is 0.317 e. The lowest BCUT2D eigenvalue weighted by Gasteiger charge is -2.29. The highest BCUT2D eigenvalue weighted by Crippen LogP contribution is 2.50. The van der Waals surface area contributed by atoms with Crippen molar-refractivity contribution in [1.82, 2.24) is 10.2 Å². The summed E-state index contributed by atoms with van der Waals surface area (Å²) in [5.41, 5.74) is 0.751. The fourth-order valence-corrected chi connectivity index (χ4v) is 2.92. The van der Waals surface area contributed by atoms with Gasteiger partial charge in [0, 0.05) is 6.54 Å². The van der Waals surface area contributed by atoms with Crippen LogP contribution in [0.15, 0.2) is 0 Å². The molecular formula is C13H26N2. The van der Waals surface area contributed by atoms with E-state index in [-0.39, 0.29) is 0 Å². The van der Waals surface area contributed by atoms with E-state index < -0.39 is 0 Å². The third-order valence-electron chi connectivity index (χ3n) is 3.95. The number of nitrogens with zero attached hydrogens (tertiary/aromatic N) is 1. The highest BCUT2D eigenvalue weighted by Gasteiger charge is 2.42. The SMILES string of the molecule is CCCC1(CN2CCCNCCC2)CC1. The van der Waals surface area contributed by atoms with E-state index in [1.807, 2.05) is 0 Å². The summed E-state index contributed by atoms with van der Waals surface area (Å²) in [6, 6.07) is 0. The average Bonchev–Trinajstić information content (AvgIpc) is 2.91. The molecule has 1 heterocycles. The second-order valence-electron chi connectivity index (χ2n) is 5.48. The van der Waals surface area contributed by atoms with Gasteiger partial charge in [-0.25, -0.2) is 0 Å². The zero-order valence-corrected chi connectivity index (χ0v) is 10.2. The summed E-state index contributed by atoms with van der Waals surface area (Å²) in [6.45, 7) is 8.80. The van der Waals surface area contributed by atoms with Crippen LogP contribution in [-0.4, -0.2) is 37.6 Å². The van der Waals surface area contributed by atoms with E-state index in [1.54, 1.807) is 0 Å². The van der Waals surface area contributed by atoms with Gasteiger partial charge < -0.3 is 10.2 Å². The molecule has 1 aliphatic carbocycles. The Morgan fingerprint density at radius 2 is 1.80 bits per heavy atom. The van der Waals surface area contributed by atoms with Crippen LogP contribution in [0.3, 0.4) is 0 Å². The molecule has 0 aromatic carbocycles. The lowest BCUT2D eigenvalue weighted by atomic mass is 9.99. The summed E-state index contributed by atoms with van der Waals surface area (Å²) in [4.78, 5) is 2.73. The zero-order chi connectivity index (χ0) is 10.6. The Hall–Kier alpha value is -0.0800. The summed E-state index contributed by atoms with van der Waals surface area (Å²) in [6.07, 6.45) is 8.49. The quantitative estimate of drug-likeness (QED) is 0.765. The van der Waals surface area contributed by atoms with Crippen molar-refractivity contribution in [2.45, 2.75) is 45.4 Å². The molecule has 0 aromatic rings. The zero-order valence-electron chi connectivity index (χ0n) is 10.2. The Kier molecular flexibility index (Phi) is 4.04. The molecular weight excluding hydrogens is 184 g/mol. The van der Waals surface area contributed by atoms with Gasteiger partial charge in [-0.05, 0) is 63.7 Å². The van der Waals surface area contributed by atoms with Crippen LogP contribution in [0.25, 0.3) is 0 Å². The van der Waals surface area contributed by atoms with Gasteiger partial charge in [0.1, 0.15) is 0 Å². The van der Waals surface area contributed by atoms with E-state index in [0.29, 0.717) is 0 Å². The van der Waals surface area contributed by atoms with Crippen LogP contribution in [0.5, 0.6) is 0 Å². The molecule has 1 aliphatic heterocycles. The summed E-state index contributed by atoms with van der Waals surface area (Å²) in [5, 5.41) is 3.48. The van der Waals surface area contributed by atoms with E-state index in [4.69, 9.17) is 0 Å². The maximum Gasteiger partial charge on any atom is 0.00380 e. The molecule has 2 rings (SSSR count). The maximum absolute atomic E-state index is 3.48. The standard InChI is InChI=1S/C13H26N2/c1-2-5-13(6-7-13)12-15-10-3-8-14-9-4-11-15/h14H,2-12H2,1H3. The highest BCUT2D eigenvalue weighted by atomic mass is 15.1. The molecule has 2 fully saturated rings. The Balaban J connectivity index is 1.76. The topological polar surface area (TPSA) is 15.3 Å². The molecule has 88 valence electrons. The summed E-state index contributed by atoms with van der Waals surface area (Å²) in [7, 11) is 0. The van der Waals surface area contributed by atoms with E-state index in [2.05, 4.69) is 17.1 Å². The number of hydrogen-bond acceptors (Lipinski definition) is 2.